The van der Waals surface area contributed by atoms with E-state index in [1.54, 1.807) is 26.0 Å². The van der Waals surface area contributed by atoms with Gasteiger partial charge in [0.1, 0.15) is 5.75 Å². The molecule has 2 aromatic carbocycles. The largest absolute Gasteiger partial charge is 0.497 e. The molecule has 1 unspecified atom stereocenters. The number of carbonyl (C=O) groups excluding carboxylic acids is 2. The predicted molar refractivity (Wildman–Crippen MR) is 157 cm³/mol. The Bertz CT molecular complexity index is 1260. The molecule has 1 fully saturated rings. The molecule has 0 saturated heterocycles. The highest BCUT2D eigenvalue weighted by Gasteiger charge is 2.29. The van der Waals surface area contributed by atoms with Crippen LogP contribution in [-0.4, -0.2) is 53.9 Å². The fourth-order valence-electron chi connectivity index (χ4n) is 5.46. The number of ether oxygens (including phenoxy) is 2. The topological polar surface area (TPSA) is 85.7 Å². The summed E-state index contributed by atoms with van der Waals surface area (Å²) in [5.74, 6) is 0.886. The summed E-state index contributed by atoms with van der Waals surface area (Å²) < 4.78 is 12.4. The molecule has 1 amide bonds. The van der Waals surface area contributed by atoms with Crippen LogP contribution in [0, 0.1) is 5.92 Å². The first-order valence-corrected chi connectivity index (χ1v) is 14.4. The molecule has 0 aliphatic heterocycles. The molecule has 3 aromatic rings. The van der Waals surface area contributed by atoms with E-state index in [1.165, 1.54) is 37.7 Å². The maximum Gasteiger partial charge on any atom is 0.307 e. The minimum Gasteiger partial charge on any atom is -0.497 e. The average molecular weight is 547 g/mol. The van der Waals surface area contributed by atoms with Crippen molar-refractivity contribution >= 4 is 17.6 Å². The second-order valence-corrected chi connectivity index (χ2v) is 10.4. The first kappa shape index (κ1) is 29.2. The number of rotatable bonds is 12. The van der Waals surface area contributed by atoms with Gasteiger partial charge in [-0.1, -0.05) is 32.3 Å². The molecule has 1 atom stereocenters. The lowest BCUT2D eigenvalue weighted by Crippen LogP contribution is -2.29. The van der Waals surface area contributed by atoms with Gasteiger partial charge in [0.15, 0.2) is 0 Å². The molecule has 1 aromatic heterocycles. The third-order valence-corrected chi connectivity index (χ3v) is 7.69. The normalized spacial score (nSPS) is 14.4. The Morgan fingerprint density at radius 3 is 2.52 bits per heavy atom. The van der Waals surface area contributed by atoms with Crippen molar-refractivity contribution in [2.45, 2.75) is 64.8 Å². The van der Waals surface area contributed by atoms with Crippen LogP contribution in [0.2, 0.25) is 0 Å². The Kier molecular flexibility index (Phi) is 10.2. The number of aromatic nitrogens is 2. The Morgan fingerprint density at radius 2 is 1.85 bits per heavy atom. The highest BCUT2D eigenvalue weighted by Crippen LogP contribution is 2.38. The molecule has 1 aliphatic rings. The summed E-state index contributed by atoms with van der Waals surface area (Å²) in [6, 6.07) is 15.7. The van der Waals surface area contributed by atoms with Crippen LogP contribution in [0.1, 0.15) is 80.0 Å². The van der Waals surface area contributed by atoms with Gasteiger partial charge in [-0.25, -0.2) is 4.68 Å². The van der Waals surface area contributed by atoms with Crippen LogP contribution in [-0.2, 0) is 16.0 Å². The van der Waals surface area contributed by atoms with Crippen LogP contribution in [0.25, 0.3) is 5.69 Å². The van der Waals surface area contributed by atoms with Gasteiger partial charge in [-0.05, 0) is 68.5 Å². The second kappa shape index (κ2) is 14.0. The van der Waals surface area contributed by atoms with Gasteiger partial charge >= 0.3 is 5.97 Å². The van der Waals surface area contributed by atoms with Crippen molar-refractivity contribution in [3.63, 3.8) is 0 Å². The van der Waals surface area contributed by atoms with Gasteiger partial charge in [-0.15, -0.1) is 0 Å². The molecule has 40 heavy (non-hydrogen) atoms. The highest BCUT2D eigenvalue weighted by atomic mass is 16.5. The third kappa shape index (κ3) is 7.23. The summed E-state index contributed by atoms with van der Waals surface area (Å²) in [6.07, 6.45) is 9.29. The van der Waals surface area contributed by atoms with Crippen LogP contribution < -0.4 is 10.1 Å². The minimum atomic E-state index is -0.295. The van der Waals surface area contributed by atoms with E-state index in [9.17, 15) is 9.59 Å². The van der Waals surface area contributed by atoms with E-state index in [1.807, 2.05) is 53.2 Å². The maximum absolute atomic E-state index is 12.9. The molecular weight excluding hydrogens is 504 g/mol. The zero-order valence-electron chi connectivity index (χ0n) is 24.2. The number of amides is 1. The Morgan fingerprint density at radius 1 is 1.10 bits per heavy atom. The first-order valence-electron chi connectivity index (χ1n) is 14.4. The van der Waals surface area contributed by atoms with Crippen LogP contribution in [0.4, 0.5) is 5.69 Å². The lowest BCUT2D eigenvalue weighted by molar-refractivity contribution is -0.143. The van der Waals surface area contributed by atoms with Gasteiger partial charge in [-0.2, -0.15) is 5.10 Å². The van der Waals surface area contributed by atoms with Crippen molar-refractivity contribution in [2.24, 2.45) is 5.92 Å². The van der Waals surface area contributed by atoms with E-state index in [-0.39, 0.29) is 24.3 Å². The summed E-state index contributed by atoms with van der Waals surface area (Å²) in [4.78, 5) is 26.2. The Balaban J connectivity index is 1.54. The number of carbonyl (C=O) groups is 2. The number of benzene rings is 2. The predicted octanol–water partition coefficient (Wildman–Crippen LogP) is 6.20. The number of hydrogen-bond donors (Lipinski definition) is 1. The summed E-state index contributed by atoms with van der Waals surface area (Å²) in [7, 11) is 3.38. The maximum atomic E-state index is 12.9. The number of aryl methyl sites for hydroxylation is 1. The van der Waals surface area contributed by atoms with Gasteiger partial charge in [0, 0.05) is 42.7 Å². The van der Waals surface area contributed by atoms with E-state index in [0.717, 1.165) is 29.2 Å². The zero-order valence-corrected chi connectivity index (χ0v) is 24.2. The molecule has 0 radical (unpaired) electrons. The van der Waals surface area contributed by atoms with Crippen molar-refractivity contribution in [1.29, 1.82) is 0 Å². The number of esters is 1. The van der Waals surface area contributed by atoms with Gasteiger partial charge < -0.3 is 19.7 Å². The Labute approximate surface area is 237 Å². The Hall–Kier alpha value is -3.81. The standard InChI is InChI=1S/C32H42N4O4/c1-5-29-28(22-36(34-29)26-13-10-14-27(21-26)39-4)31(23-11-8-7-9-12-23)33-25-17-15-24(16-18-25)32(38)35(3)20-19-30(37)40-6-2/h10,13-18,21-23,31,33H,5-9,11-12,19-20H2,1-4H3. The van der Waals surface area contributed by atoms with Crippen LogP contribution in [0.5, 0.6) is 5.75 Å². The number of nitrogens with one attached hydrogen (secondary N) is 1. The van der Waals surface area contributed by atoms with Gasteiger partial charge in [0.05, 0.1) is 37.6 Å². The minimum absolute atomic E-state index is 0.114. The highest BCUT2D eigenvalue weighted by molar-refractivity contribution is 5.94. The monoisotopic (exact) mass is 546 g/mol. The summed E-state index contributed by atoms with van der Waals surface area (Å²) >= 11 is 0. The molecular formula is C32H42N4O4. The number of methoxy groups -OCH3 is 1. The number of hydrogen-bond acceptors (Lipinski definition) is 6. The fraction of sp³-hybridized carbons (Fsp3) is 0.469. The van der Waals surface area contributed by atoms with Crippen LogP contribution >= 0.6 is 0 Å². The SMILES string of the molecule is CCOC(=O)CCN(C)C(=O)c1ccc(NC(c2cn(-c3cccc(OC)c3)nc2CC)C2CCCCC2)cc1. The molecule has 1 heterocycles. The lowest BCUT2D eigenvalue weighted by Gasteiger charge is -2.32. The fourth-order valence-corrected chi connectivity index (χ4v) is 5.46. The molecule has 1 saturated carbocycles. The van der Waals surface area contributed by atoms with E-state index in [0.29, 0.717) is 24.6 Å². The molecule has 8 nitrogen and oxygen atoms in total. The van der Waals surface area contributed by atoms with Crippen molar-refractivity contribution in [2.75, 3.05) is 32.6 Å². The smallest absolute Gasteiger partial charge is 0.307 e. The van der Waals surface area contributed by atoms with E-state index in [2.05, 4.69) is 18.4 Å². The average Bonchev–Trinajstić information content (AvgIpc) is 3.43. The van der Waals surface area contributed by atoms with Crippen molar-refractivity contribution in [3.05, 3.63) is 71.5 Å². The summed E-state index contributed by atoms with van der Waals surface area (Å²) in [5, 5.41) is 8.78. The molecule has 4 rings (SSSR count). The molecule has 8 heteroatoms. The van der Waals surface area contributed by atoms with Gasteiger partial charge in [-0.3, -0.25) is 9.59 Å². The number of anilines is 1. The van der Waals surface area contributed by atoms with Crippen LogP contribution in [0.15, 0.2) is 54.7 Å². The molecule has 1 N–H and O–H groups in total. The lowest BCUT2D eigenvalue weighted by atomic mass is 9.81. The number of nitrogens with zero attached hydrogens (tertiary/aromatic N) is 3. The molecule has 0 bridgehead atoms. The van der Waals surface area contributed by atoms with E-state index >= 15 is 0 Å². The van der Waals surface area contributed by atoms with Crippen molar-refractivity contribution < 1.29 is 19.1 Å². The quantitative estimate of drug-likeness (QED) is 0.272. The van der Waals surface area contributed by atoms with E-state index < -0.39 is 0 Å². The molecule has 0 spiro atoms. The summed E-state index contributed by atoms with van der Waals surface area (Å²) in [5.41, 5.74) is 4.83. The first-order chi connectivity index (χ1) is 19.4. The van der Waals surface area contributed by atoms with E-state index in [4.69, 9.17) is 14.6 Å². The molecule has 1 aliphatic carbocycles. The van der Waals surface area contributed by atoms with Crippen molar-refractivity contribution in [3.8, 4) is 11.4 Å². The van der Waals surface area contributed by atoms with Crippen LogP contribution in [0.3, 0.4) is 0 Å². The van der Waals surface area contributed by atoms with Crippen molar-refractivity contribution in [1.82, 2.24) is 14.7 Å². The zero-order chi connectivity index (χ0) is 28.5. The second-order valence-electron chi connectivity index (χ2n) is 10.4. The summed E-state index contributed by atoms with van der Waals surface area (Å²) in [6.45, 7) is 4.59. The third-order valence-electron chi connectivity index (χ3n) is 7.69. The molecule has 214 valence electrons. The van der Waals surface area contributed by atoms with Gasteiger partial charge in [0.25, 0.3) is 5.91 Å². The van der Waals surface area contributed by atoms with Gasteiger partial charge in [0.2, 0.25) is 0 Å².